The molecule has 1 aromatic carbocycles. The molecule has 142 valence electrons. The van der Waals surface area contributed by atoms with Crippen molar-refractivity contribution in [3.05, 3.63) is 36.5 Å². The summed E-state index contributed by atoms with van der Waals surface area (Å²) in [6.07, 6.45) is 1.66. The molecule has 0 spiro atoms. The minimum atomic E-state index is -0.157. The number of carbonyl (C=O) groups is 1. The van der Waals surface area contributed by atoms with Crippen LogP contribution in [0.25, 0.3) is 5.69 Å². The molecule has 10 heteroatoms. The molecule has 0 atom stereocenters. The first-order valence-electron chi connectivity index (χ1n) is 8.57. The Bertz CT molecular complexity index is 906. The molecule has 1 amide bonds. The highest BCUT2D eigenvalue weighted by Crippen LogP contribution is 2.26. The van der Waals surface area contributed by atoms with E-state index in [0.29, 0.717) is 23.3 Å². The van der Waals surface area contributed by atoms with Crippen LogP contribution in [-0.2, 0) is 4.79 Å². The van der Waals surface area contributed by atoms with Crippen LogP contribution >= 0.6 is 11.8 Å². The third-order valence-electron chi connectivity index (χ3n) is 3.59. The maximum atomic E-state index is 12.3. The number of aromatic nitrogens is 6. The molecule has 0 aliphatic rings. The number of anilines is 1. The number of hydrogen-bond donors (Lipinski definition) is 1. The van der Waals surface area contributed by atoms with Gasteiger partial charge in [-0.05, 0) is 43.3 Å². The lowest BCUT2D eigenvalue weighted by molar-refractivity contribution is -0.113. The average Bonchev–Trinajstić information content (AvgIpc) is 3.30. The Kier molecular flexibility index (Phi) is 6.07. The van der Waals surface area contributed by atoms with Crippen molar-refractivity contribution in [2.45, 2.75) is 32.0 Å². The van der Waals surface area contributed by atoms with E-state index in [-0.39, 0.29) is 17.7 Å². The van der Waals surface area contributed by atoms with Gasteiger partial charge in [-0.25, -0.2) is 4.68 Å². The van der Waals surface area contributed by atoms with Gasteiger partial charge in [0, 0.05) is 12.1 Å². The summed E-state index contributed by atoms with van der Waals surface area (Å²) in [6.45, 7) is 6.45. The van der Waals surface area contributed by atoms with Crippen LogP contribution in [-0.4, -0.2) is 48.3 Å². The number of carbonyl (C=O) groups excluding carboxylic acids is 1. The SMILES string of the molecule is CCOc1ccccc1-n1nnnc1SCC(=O)Nc1ccnn1C(C)C. The van der Waals surface area contributed by atoms with Crippen molar-refractivity contribution in [1.29, 1.82) is 0 Å². The van der Waals surface area contributed by atoms with Gasteiger partial charge in [-0.15, -0.1) is 5.10 Å². The summed E-state index contributed by atoms with van der Waals surface area (Å²) in [5.41, 5.74) is 0.727. The number of nitrogens with zero attached hydrogens (tertiary/aromatic N) is 6. The number of nitrogens with one attached hydrogen (secondary N) is 1. The van der Waals surface area contributed by atoms with Crippen LogP contribution in [0.15, 0.2) is 41.7 Å². The molecule has 2 aromatic heterocycles. The summed E-state index contributed by atoms with van der Waals surface area (Å²) in [5, 5.41) is 19.4. The molecule has 3 rings (SSSR count). The van der Waals surface area contributed by atoms with Gasteiger partial charge in [0.1, 0.15) is 17.3 Å². The quantitative estimate of drug-likeness (QED) is 0.593. The van der Waals surface area contributed by atoms with E-state index < -0.39 is 0 Å². The van der Waals surface area contributed by atoms with Gasteiger partial charge < -0.3 is 10.1 Å². The van der Waals surface area contributed by atoms with Gasteiger partial charge in [0.2, 0.25) is 11.1 Å². The van der Waals surface area contributed by atoms with Gasteiger partial charge in [0.25, 0.3) is 0 Å². The molecule has 0 saturated heterocycles. The van der Waals surface area contributed by atoms with E-state index in [1.165, 1.54) is 11.8 Å². The first-order valence-corrected chi connectivity index (χ1v) is 9.55. The van der Waals surface area contributed by atoms with E-state index in [4.69, 9.17) is 4.74 Å². The largest absolute Gasteiger partial charge is 0.492 e. The lowest BCUT2D eigenvalue weighted by atomic mass is 10.3. The fourth-order valence-corrected chi connectivity index (χ4v) is 3.15. The van der Waals surface area contributed by atoms with Crippen molar-refractivity contribution in [2.24, 2.45) is 0 Å². The monoisotopic (exact) mass is 387 g/mol. The molecule has 9 nitrogen and oxygen atoms in total. The van der Waals surface area contributed by atoms with E-state index in [1.54, 1.807) is 21.6 Å². The van der Waals surface area contributed by atoms with E-state index in [1.807, 2.05) is 45.0 Å². The molecule has 0 aliphatic heterocycles. The lowest BCUT2D eigenvalue weighted by Crippen LogP contribution is -2.18. The highest BCUT2D eigenvalue weighted by molar-refractivity contribution is 7.99. The molecule has 27 heavy (non-hydrogen) atoms. The molecular formula is C17H21N7O2S. The minimum absolute atomic E-state index is 0.157. The third kappa shape index (κ3) is 4.45. The number of amides is 1. The zero-order valence-electron chi connectivity index (χ0n) is 15.4. The first kappa shape index (κ1) is 18.9. The topological polar surface area (TPSA) is 99.8 Å². The number of benzene rings is 1. The van der Waals surface area contributed by atoms with E-state index in [0.717, 1.165) is 5.69 Å². The average molecular weight is 387 g/mol. The van der Waals surface area contributed by atoms with Gasteiger partial charge in [-0.2, -0.15) is 9.78 Å². The number of rotatable bonds is 8. The summed E-state index contributed by atoms with van der Waals surface area (Å²) < 4.78 is 8.96. The molecule has 0 fully saturated rings. The predicted molar refractivity (Wildman–Crippen MR) is 102 cm³/mol. The van der Waals surface area contributed by atoms with Crippen molar-refractivity contribution in [3.63, 3.8) is 0 Å². The molecule has 0 saturated carbocycles. The summed E-state index contributed by atoms with van der Waals surface area (Å²) in [5.74, 6) is 1.35. The maximum absolute atomic E-state index is 12.3. The predicted octanol–water partition coefficient (Wildman–Crippen LogP) is 2.57. The third-order valence-corrected chi connectivity index (χ3v) is 4.51. The fraction of sp³-hybridized carbons (Fsp3) is 0.353. The van der Waals surface area contributed by atoms with Crippen LogP contribution in [0, 0.1) is 0 Å². The molecule has 2 heterocycles. The maximum Gasteiger partial charge on any atom is 0.235 e. The van der Waals surface area contributed by atoms with Crippen molar-refractivity contribution in [3.8, 4) is 11.4 Å². The molecule has 1 N–H and O–H groups in total. The van der Waals surface area contributed by atoms with Crippen LogP contribution in [0.1, 0.15) is 26.8 Å². The van der Waals surface area contributed by atoms with E-state index >= 15 is 0 Å². The van der Waals surface area contributed by atoms with E-state index in [9.17, 15) is 4.79 Å². The van der Waals surface area contributed by atoms with Gasteiger partial charge in [-0.3, -0.25) is 4.79 Å². The zero-order valence-corrected chi connectivity index (χ0v) is 16.2. The summed E-state index contributed by atoms with van der Waals surface area (Å²) in [4.78, 5) is 12.3. The highest BCUT2D eigenvalue weighted by atomic mass is 32.2. The standard InChI is InChI=1S/C17H21N7O2S/c1-4-26-14-8-6-5-7-13(14)24-17(20-21-22-24)27-11-16(25)19-15-9-10-18-23(15)12(2)3/h5-10,12H,4,11H2,1-3H3,(H,19,25). The van der Waals surface area contributed by atoms with Crippen LogP contribution in [0.5, 0.6) is 5.75 Å². The fourth-order valence-electron chi connectivity index (χ4n) is 2.46. The first-order chi connectivity index (χ1) is 13.1. The number of ether oxygens (including phenoxy) is 1. The van der Waals surface area contributed by atoms with E-state index in [2.05, 4.69) is 25.9 Å². The van der Waals surface area contributed by atoms with Crippen LogP contribution in [0.3, 0.4) is 0 Å². The van der Waals surface area contributed by atoms with Gasteiger partial charge in [-0.1, -0.05) is 23.9 Å². The van der Waals surface area contributed by atoms with Crippen molar-refractivity contribution in [1.82, 2.24) is 30.0 Å². The summed E-state index contributed by atoms with van der Waals surface area (Å²) in [7, 11) is 0. The molecular weight excluding hydrogens is 366 g/mol. The van der Waals surface area contributed by atoms with Gasteiger partial charge >= 0.3 is 0 Å². The van der Waals surface area contributed by atoms with Gasteiger partial charge in [0.15, 0.2) is 0 Å². The Balaban J connectivity index is 1.69. The van der Waals surface area contributed by atoms with Crippen LogP contribution in [0.2, 0.25) is 0 Å². The number of hydrogen-bond acceptors (Lipinski definition) is 7. The smallest absolute Gasteiger partial charge is 0.235 e. The Morgan fingerprint density at radius 1 is 1.30 bits per heavy atom. The lowest BCUT2D eigenvalue weighted by Gasteiger charge is -2.12. The number of para-hydroxylation sites is 2. The van der Waals surface area contributed by atoms with Gasteiger partial charge in [0.05, 0.1) is 18.6 Å². The Morgan fingerprint density at radius 3 is 2.89 bits per heavy atom. The zero-order chi connectivity index (χ0) is 19.2. The second-order valence-electron chi connectivity index (χ2n) is 5.87. The molecule has 3 aromatic rings. The van der Waals surface area contributed by atoms with Crippen LogP contribution in [0.4, 0.5) is 5.82 Å². The van der Waals surface area contributed by atoms with Crippen molar-refractivity contribution >= 4 is 23.5 Å². The summed E-state index contributed by atoms with van der Waals surface area (Å²) in [6, 6.07) is 9.42. The normalized spacial score (nSPS) is 11.0. The summed E-state index contributed by atoms with van der Waals surface area (Å²) >= 11 is 1.25. The molecule has 0 unspecified atom stereocenters. The number of thioether (sulfide) groups is 1. The minimum Gasteiger partial charge on any atom is -0.492 e. The number of tetrazole rings is 1. The van der Waals surface area contributed by atoms with Crippen molar-refractivity contribution < 1.29 is 9.53 Å². The molecule has 0 aliphatic carbocycles. The Labute approximate surface area is 161 Å². The molecule has 0 bridgehead atoms. The second-order valence-corrected chi connectivity index (χ2v) is 6.81. The Morgan fingerprint density at radius 2 is 2.11 bits per heavy atom. The van der Waals surface area contributed by atoms with Crippen molar-refractivity contribution in [2.75, 3.05) is 17.7 Å². The van der Waals surface area contributed by atoms with Crippen LogP contribution < -0.4 is 10.1 Å². The Hall–Kier alpha value is -2.88. The second kappa shape index (κ2) is 8.67. The molecule has 0 radical (unpaired) electrons. The highest BCUT2D eigenvalue weighted by Gasteiger charge is 2.16.